The number of phosphoric ester groups is 1. The number of H-pyrrole nitrogens is 1. The second kappa shape index (κ2) is 5.84. The van der Waals surface area contributed by atoms with E-state index in [1.165, 1.54) is 13.1 Å². The molecule has 21 heavy (non-hydrogen) atoms. The molecule has 1 aliphatic heterocycles. The smallest absolute Gasteiger partial charge is 0.390 e. The summed E-state index contributed by atoms with van der Waals surface area (Å²) in [5.41, 5.74) is -0.918. The van der Waals surface area contributed by atoms with Gasteiger partial charge < -0.3 is 19.6 Å². The third-order valence-corrected chi connectivity index (χ3v) is 3.55. The second-order valence-corrected chi connectivity index (χ2v) is 5.94. The van der Waals surface area contributed by atoms with E-state index in [0.717, 1.165) is 4.57 Å². The number of aliphatic hydroxyl groups is 1. The molecule has 0 spiro atoms. The first-order chi connectivity index (χ1) is 9.67. The Hall–Kier alpha value is -1.29. The highest BCUT2D eigenvalue weighted by molar-refractivity contribution is 7.46. The van der Waals surface area contributed by atoms with Crippen LogP contribution in [-0.2, 0) is 13.8 Å². The minimum Gasteiger partial charge on any atom is -0.390 e. The molecule has 1 aromatic heterocycles. The van der Waals surface area contributed by atoms with Crippen molar-refractivity contribution in [2.75, 3.05) is 6.61 Å². The van der Waals surface area contributed by atoms with Gasteiger partial charge in [0.15, 0.2) is 0 Å². The fourth-order valence-electron chi connectivity index (χ4n) is 2.01. The van der Waals surface area contributed by atoms with Crippen molar-refractivity contribution in [3.8, 4) is 0 Å². The third kappa shape index (κ3) is 3.88. The lowest BCUT2D eigenvalue weighted by atomic mass is 10.2. The molecule has 1 unspecified atom stereocenters. The average molecular weight is 322 g/mol. The maximum absolute atomic E-state index is 11.7. The van der Waals surface area contributed by atoms with Gasteiger partial charge >= 0.3 is 13.5 Å². The molecule has 1 fully saturated rings. The SMILES string of the molecule is Cc1cn([C@@H]2CC(O)[C@H](COP(=O)(O)O)O2)c(=O)[nH]c1=O. The number of aliphatic hydroxyl groups excluding tert-OH is 1. The fraction of sp³-hybridized carbons (Fsp3) is 0.600. The highest BCUT2D eigenvalue weighted by atomic mass is 31.2. The normalized spacial score (nSPS) is 26.2. The second-order valence-electron chi connectivity index (χ2n) is 4.70. The first-order valence-electron chi connectivity index (χ1n) is 6.03. The predicted molar refractivity (Wildman–Crippen MR) is 68.6 cm³/mol. The molecule has 0 aliphatic carbocycles. The highest BCUT2D eigenvalue weighted by Crippen LogP contribution is 2.38. The van der Waals surface area contributed by atoms with Crippen molar-refractivity contribution in [3.05, 3.63) is 32.6 Å². The Kier molecular flexibility index (Phi) is 4.47. The summed E-state index contributed by atoms with van der Waals surface area (Å²) in [5.74, 6) is 0. The van der Waals surface area contributed by atoms with Gasteiger partial charge in [-0.3, -0.25) is 18.9 Å². The van der Waals surface area contributed by atoms with Gasteiger partial charge in [-0.15, -0.1) is 0 Å². The Labute approximate surface area is 118 Å². The van der Waals surface area contributed by atoms with Gasteiger partial charge in [0.1, 0.15) is 12.3 Å². The zero-order chi connectivity index (χ0) is 15.8. The standard InChI is InChI=1S/C10H15N2O8P/c1-5-3-12(10(15)11-9(5)14)8-2-6(13)7(20-8)4-19-21(16,17)18/h3,6-8,13H,2,4H2,1H3,(H,11,14,15)(H2,16,17,18)/t6?,7-,8-/m0/s1. The van der Waals surface area contributed by atoms with E-state index in [0.29, 0.717) is 5.56 Å². The summed E-state index contributed by atoms with van der Waals surface area (Å²) in [6, 6.07) is 0. The Bertz CT molecular complexity index is 676. The van der Waals surface area contributed by atoms with Crippen LogP contribution in [0.5, 0.6) is 0 Å². The molecule has 4 N–H and O–H groups in total. The molecular weight excluding hydrogens is 307 g/mol. The molecule has 118 valence electrons. The molecule has 1 saturated heterocycles. The maximum Gasteiger partial charge on any atom is 0.469 e. The molecule has 1 aliphatic rings. The number of nitrogens with zero attached hydrogens (tertiary/aromatic N) is 1. The molecule has 0 radical (unpaired) electrons. The number of aryl methyl sites for hydroxylation is 1. The number of hydrogen-bond donors (Lipinski definition) is 4. The fourth-order valence-corrected chi connectivity index (χ4v) is 2.35. The van der Waals surface area contributed by atoms with Gasteiger partial charge in [-0.1, -0.05) is 0 Å². The average Bonchev–Trinajstić information content (AvgIpc) is 2.72. The van der Waals surface area contributed by atoms with Crippen LogP contribution in [0.25, 0.3) is 0 Å². The van der Waals surface area contributed by atoms with Crippen LogP contribution in [0.4, 0.5) is 0 Å². The summed E-state index contributed by atoms with van der Waals surface area (Å²) in [4.78, 5) is 42.3. The van der Waals surface area contributed by atoms with E-state index in [9.17, 15) is 19.3 Å². The maximum atomic E-state index is 11.7. The van der Waals surface area contributed by atoms with E-state index in [4.69, 9.17) is 14.5 Å². The van der Waals surface area contributed by atoms with E-state index >= 15 is 0 Å². The minimum absolute atomic E-state index is 0.0283. The molecule has 2 rings (SSSR count). The number of aromatic amines is 1. The van der Waals surface area contributed by atoms with E-state index in [-0.39, 0.29) is 6.42 Å². The van der Waals surface area contributed by atoms with Gasteiger partial charge in [0.2, 0.25) is 0 Å². The summed E-state index contributed by atoms with van der Waals surface area (Å²) in [6.07, 6.45) is -1.57. The van der Waals surface area contributed by atoms with Gasteiger partial charge in [0.25, 0.3) is 5.56 Å². The Morgan fingerprint density at radius 3 is 2.81 bits per heavy atom. The number of ether oxygens (including phenoxy) is 1. The van der Waals surface area contributed by atoms with Crippen LogP contribution in [0.3, 0.4) is 0 Å². The molecule has 0 amide bonds. The van der Waals surface area contributed by atoms with Crippen molar-refractivity contribution >= 4 is 7.82 Å². The van der Waals surface area contributed by atoms with Crippen molar-refractivity contribution in [3.63, 3.8) is 0 Å². The molecule has 2 heterocycles. The van der Waals surface area contributed by atoms with Gasteiger partial charge in [-0.2, -0.15) is 0 Å². The summed E-state index contributed by atoms with van der Waals surface area (Å²) in [5, 5.41) is 9.79. The van der Waals surface area contributed by atoms with Crippen LogP contribution in [-0.4, -0.2) is 43.3 Å². The van der Waals surface area contributed by atoms with Crippen LogP contribution in [0, 0.1) is 6.92 Å². The van der Waals surface area contributed by atoms with Crippen molar-refractivity contribution in [1.29, 1.82) is 0 Å². The zero-order valence-electron chi connectivity index (χ0n) is 11.0. The number of nitrogens with one attached hydrogen (secondary N) is 1. The van der Waals surface area contributed by atoms with E-state index in [1.54, 1.807) is 0 Å². The number of phosphoric acid groups is 1. The highest BCUT2D eigenvalue weighted by Gasteiger charge is 2.37. The molecule has 11 heteroatoms. The molecule has 3 atom stereocenters. The van der Waals surface area contributed by atoms with Crippen molar-refractivity contribution in [2.45, 2.75) is 31.8 Å². The van der Waals surface area contributed by atoms with Gasteiger partial charge in [-0.25, -0.2) is 9.36 Å². The summed E-state index contributed by atoms with van der Waals surface area (Å²) in [7, 11) is -4.67. The van der Waals surface area contributed by atoms with Crippen LogP contribution in [0.1, 0.15) is 18.2 Å². The van der Waals surface area contributed by atoms with Crippen LogP contribution < -0.4 is 11.2 Å². The molecule has 0 saturated carbocycles. The monoisotopic (exact) mass is 322 g/mol. The molecular formula is C10H15N2O8P. The van der Waals surface area contributed by atoms with Crippen LogP contribution >= 0.6 is 7.82 Å². The lowest BCUT2D eigenvalue weighted by molar-refractivity contribution is -0.0451. The topological polar surface area (TPSA) is 151 Å². The number of aromatic nitrogens is 2. The van der Waals surface area contributed by atoms with Crippen molar-refractivity contribution in [2.24, 2.45) is 0 Å². The lowest BCUT2D eigenvalue weighted by Gasteiger charge is -2.16. The largest absolute Gasteiger partial charge is 0.469 e. The molecule has 10 nitrogen and oxygen atoms in total. The van der Waals surface area contributed by atoms with Crippen LogP contribution in [0.15, 0.2) is 15.8 Å². The van der Waals surface area contributed by atoms with Crippen LogP contribution in [0.2, 0.25) is 0 Å². The summed E-state index contributed by atoms with van der Waals surface area (Å²) >= 11 is 0. The minimum atomic E-state index is -4.67. The molecule has 0 aromatic carbocycles. The predicted octanol–water partition coefficient (Wildman–Crippen LogP) is -1.40. The van der Waals surface area contributed by atoms with Gasteiger partial charge in [-0.05, 0) is 6.92 Å². The Morgan fingerprint density at radius 2 is 2.19 bits per heavy atom. The first kappa shape index (κ1) is 16.1. The quantitative estimate of drug-likeness (QED) is 0.494. The first-order valence-corrected chi connectivity index (χ1v) is 7.56. The van der Waals surface area contributed by atoms with Gasteiger partial charge in [0, 0.05) is 18.2 Å². The van der Waals surface area contributed by atoms with E-state index < -0.39 is 44.1 Å². The third-order valence-electron chi connectivity index (χ3n) is 3.07. The number of hydrogen-bond acceptors (Lipinski definition) is 6. The number of rotatable bonds is 4. The lowest BCUT2D eigenvalue weighted by Crippen LogP contribution is -2.33. The summed E-state index contributed by atoms with van der Waals surface area (Å²) < 4.78 is 21.4. The Morgan fingerprint density at radius 1 is 1.52 bits per heavy atom. The molecule has 1 aromatic rings. The zero-order valence-corrected chi connectivity index (χ0v) is 11.9. The van der Waals surface area contributed by atoms with Crippen molar-refractivity contribution < 1.29 is 28.7 Å². The summed E-state index contributed by atoms with van der Waals surface area (Å²) in [6.45, 7) is 0.994. The van der Waals surface area contributed by atoms with E-state index in [2.05, 4.69) is 9.51 Å². The van der Waals surface area contributed by atoms with Gasteiger partial charge in [0.05, 0.1) is 12.7 Å². The molecule has 0 bridgehead atoms. The Balaban J connectivity index is 2.14. The van der Waals surface area contributed by atoms with Crippen molar-refractivity contribution in [1.82, 2.24) is 9.55 Å². The van der Waals surface area contributed by atoms with E-state index in [1.807, 2.05) is 0 Å².